The molecule has 1 amide bonds. The molecule has 41 heavy (non-hydrogen) atoms. The third kappa shape index (κ3) is 5.16. The maximum absolute atomic E-state index is 14.4. The minimum absolute atomic E-state index is 0.113. The van der Waals surface area contributed by atoms with E-state index < -0.39 is 18.5 Å². The average Bonchev–Trinajstić information content (AvgIpc) is 3.41. The van der Waals surface area contributed by atoms with E-state index >= 15 is 0 Å². The first kappa shape index (κ1) is 26.6. The standard InChI is InChI=1S/C30H27F2N5O4/c1-36-16-21(15-34-36)22-12-20-3-2-8-37(26(20)14-24(22)27(31)32)28-23-11-18(17-6-9-40-10-7-17)4-5-19(23)13-25(35-28)29(38)41-30(33)39/h4-6,11-16,27H,2-3,7-10H2,1H3,(H2,33,39). The topological polar surface area (TPSA) is 113 Å². The molecule has 9 nitrogen and oxygen atoms in total. The Hall–Kier alpha value is -4.64. The van der Waals surface area contributed by atoms with Crippen molar-refractivity contribution in [3.63, 3.8) is 0 Å². The van der Waals surface area contributed by atoms with Gasteiger partial charge in [0.2, 0.25) is 0 Å². The molecular weight excluding hydrogens is 532 g/mol. The Balaban J connectivity index is 1.54. The van der Waals surface area contributed by atoms with Gasteiger partial charge in [0, 0.05) is 42.0 Å². The number of primary amides is 1. The van der Waals surface area contributed by atoms with Crippen LogP contribution in [-0.2, 0) is 22.9 Å². The van der Waals surface area contributed by atoms with Crippen LogP contribution < -0.4 is 10.6 Å². The van der Waals surface area contributed by atoms with Crippen LogP contribution in [0.25, 0.3) is 27.5 Å². The smallest absolute Gasteiger partial charge is 0.377 e. The molecule has 210 valence electrons. The van der Waals surface area contributed by atoms with Gasteiger partial charge in [-0.15, -0.1) is 0 Å². The van der Waals surface area contributed by atoms with Gasteiger partial charge in [0.05, 0.1) is 19.4 Å². The fourth-order valence-corrected chi connectivity index (χ4v) is 5.53. The van der Waals surface area contributed by atoms with E-state index in [1.807, 2.05) is 29.2 Å². The maximum Gasteiger partial charge on any atom is 0.412 e. The van der Waals surface area contributed by atoms with Crippen LogP contribution in [0.1, 0.15) is 46.4 Å². The summed E-state index contributed by atoms with van der Waals surface area (Å²) in [5.41, 5.74) is 9.46. The summed E-state index contributed by atoms with van der Waals surface area (Å²) in [4.78, 5) is 30.5. The van der Waals surface area contributed by atoms with E-state index in [0.29, 0.717) is 54.2 Å². The lowest BCUT2D eigenvalue weighted by Crippen LogP contribution is -2.27. The summed E-state index contributed by atoms with van der Waals surface area (Å²) in [7, 11) is 1.74. The average molecular weight is 560 g/mol. The van der Waals surface area contributed by atoms with E-state index in [4.69, 9.17) is 10.5 Å². The highest BCUT2D eigenvalue weighted by Crippen LogP contribution is 2.43. The first-order valence-corrected chi connectivity index (χ1v) is 13.2. The summed E-state index contributed by atoms with van der Waals surface area (Å²) in [6, 6.07) is 10.7. The van der Waals surface area contributed by atoms with Gasteiger partial charge in [0.15, 0.2) is 5.69 Å². The molecular formula is C30H27F2N5O4. The molecule has 2 aliphatic rings. The highest BCUT2D eigenvalue weighted by molar-refractivity contribution is 6.03. The summed E-state index contributed by atoms with van der Waals surface area (Å²) >= 11 is 0. The minimum atomic E-state index is -2.73. The van der Waals surface area contributed by atoms with Gasteiger partial charge < -0.3 is 20.1 Å². The van der Waals surface area contributed by atoms with Crippen LogP contribution in [0.15, 0.2) is 54.9 Å². The zero-order valence-corrected chi connectivity index (χ0v) is 22.3. The molecule has 2 aromatic carbocycles. The van der Waals surface area contributed by atoms with Crippen LogP contribution in [0.4, 0.5) is 25.1 Å². The van der Waals surface area contributed by atoms with Gasteiger partial charge in [0.1, 0.15) is 5.82 Å². The van der Waals surface area contributed by atoms with Crippen LogP contribution >= 0.6 is 0 Å². The largest absolute Gasteiger partial charge is 0.412 e. The van der Waals surface area contributed by atoms with Crippen LogP contribution in [0.5, 0.6) is 0 Å². The third-order valence-electron chi connectivity index (χ3n) is 7.43. The van der Waals surface area contributed by atoms with Crippen molar-refractivity contribution in [1.29, 1.82) is 0 Å². The van der Waals surface area contributed by atoms with Gasteiger partial charge in [0.25, 0.3) is 6.43 Å². The van der Waals surface area contributed by atoms with Crippen molar-refractivity contribution >= 4 is 39.9 Å². The number of nitrogens with two attached hydrogens (primary N) is 1. The quantitative estimate of drug-likeness (QED) is 0.247. The fraction of sp³-hybridized carbons (Fsp3) is 0.267. The number of carbonyl (C=O) groups is 2. The van der Waals surface area contributed by atoms with E-state index in [0.717, 1.165) is 34.9 Å². The van der Waals surface area contributed by atoms with Crippen molar-refractivity contribution in [2.24, 2.45) is 12.8 Å². The molecule has 4 aromatic rings. The molecule has 2 aromatic heterocycles. The van der Waals surface area contributed by atoms with Crippen LogP contribution in [0.3, 0.4) is 0 Å². The second-order valence-electron chi connectivity index (χ2n) is 10.1. The molecule has 6 rings (SSSR count). The molecule has 4 heterocycles. The van der Waals surface area contributed by atoms with Crippen molar-refractivity contribution in [1.82, 2.24) is 14.8 Å². The number of esters is 1. The lowest BCUT2D eigenvalue weighted by Gasteiger charge is -2.33. The zero-order valence-electron chi connectivity index (χ0n) is 22.3. The predicted octanol–water partition coefficient (Wildman–Crippen LogP) is 5.70. The van der Waals surface area contributed by atoms with E-state index in [1.54, 1.807) is 30.2 Å². The molecule has 0 bridgehead atoms. The number of halogens is 2. The van der Waals surface area contributed by atoms with Crippen LogP contribution in [-0.4, -0.2) is 46.6 Å². The van der Waals surface area contributed by atoms with Crippen LogP contribution in [0, 0.1) is 0 Å². The van der Waals surface area contributed by atoms with Crippen molar-refractivity contribution < 1.29 is 27.8 Å². The molecule has 2 aliphatic heterocycles. The Morgan fingerprint density at radius 1 is 1.12 bits per heavy atom. The van der Waals surface area contributed by atoms with Gasteiger partial charge in [-0.3, -0.25) is 4.68 Å². The van der Waals surface area contributed by atoms with Gasteiger partial charge in [-0.25, -0.2) is 23.4 Å². The monoisotopic (exact) mass is 559 g/mol. The number of pyridine rings is 1. The lowest BCUT2D eigenvalue weighted by molar-refractivity contribution is 0.0632. The fourth-order valence-electron chi connectivity index (χ4n) is 5.53. The SMILES string of the molecule is Cn1cc(-c2cc3c(cc2C(F)F)N(c2nc(C(=O)OC(N)=O)cc4ccc(C5=CCOCC5)cc24)CCC3)cn1. The number of aryl methyl sites for hydroxylation is 2. The van der Waals surface area contributed by atoms with Crippen molar-refractivity contribution in [3.8, 4) is 11.1 Å². The molecule has 0 unspecified atom stereocenters. The second kappa shape index (κ2) is 10.7. The molecule has 0 fully saturated rings. The minimum Gasteiger partial charge on any atom is -0.377 e. The first-order chi connectivity index (χ1) is 19.8. The zero-order chi connectivity index (χ0) is 28.7. The number of fused-ring (bicyclic) bond motifs is 2. The predicted molar refractivity (Wildman–Crippen MR) is 149 cm³/mol. The van der Waals surface area contributed by atoms with Crippen molar-refractivity contribution in [2.45, 2.75) is 25.7 Å². The lowest BCUT2D eigenvalue weighted by atomic mass is 9.92. The Bertz CT molecular complexity index is 1710. The number of amides is 1. The molecule has 0 atom stereocenters. The number of hydrogen-bond acceptors (Lipinski definition) is 7. The number of ether oxygens (including phenoxy) is 2. The van der Waals surface area contributed by atoms with Gasteiger partial charge in [-0.05, 0) is 71.2 Å². The summed E-state index contributed by atoms with van der Waals surface area (Å²) in [5, 5.41) is 5.56. The highest BCUT2D eigenvalue weighted by Gasteiger charge is 2.28. The Kier molecular flexibility index (Phi) is 6.96. The van der Waals surface area contributed by atoms with E-state index in [9.17, 15) is 18.4 Å². The number of rotatable bonds is 5. The van der Waals surface area contributed by atoms with Crippen molar-refractivity contribution in [2.75, 3.05) is 24.7 Å². The maximum atomic E-state index is 14.4. The van der Waals surface area contributed by atoms with E-state index in [-0.39, 0.29) is 11.3 Å². The highest BCUT2D eigenvalue weighted by atomic mass is 19.3. The van der Waals surface area contributed by atoms with Crippen LogP contribution in [0.2, 0.25) is 0 Å². The number of carbonyl (C=O) groups excluding carboxylic acids is 2. The normalized spacial score (nSPS) is 15.1. The second-order valence-corrected chi connectivity index (χ2v) is 10.1. The molecule has 0 saturated heterocycles. The summed E-state index contributed by atoms with van der Waals surface area (Å²) in [6.07, 6.45) is 3.51. The molecule has 2 N–H and O–H groups in total. The molecule has 0 spiro atoms. The van der Waals surface area contributed by atoms with E-state index in [1.165, 1.54) is 12.1 Å². The van der Waals surface area contributed by atoms with Gasteiger partial charge in [-0.1, -0.05) is 18.2 Å². The number of aromatic nitrogens is 3. The summed E-state index contributed by atoms with van der Waals surface area (Å²) < 4.78 is 40.5. The van der Waals surface area contributed by atoms with Crippen molar-refractivity contribution in [3.05, 3.63) is 77.3 Å². The third-order valence-corrected chi connectivity index (χ3v) is 7.43. The first-order valence-electron chi connectivity index (χ1n) is 13.2. The molecule has 0 radical (unpaired) electrons. The molecule has 0 aliphatic carbocycles. The summed E-state index contributed by atoms with van der Waals surface area (Å²) in [6.45, 7) is 1.62. The Morgan fingerprint density at radius 3 is 2.68 bits per heavy atom. The number of alkyl halides is 2. The van der Waals surface area contributed by atoms with Gasteiger partial charge >= 0.3 is 12.1 Å². The summed E-state index contributed by atoms with van der Waals surface area (Å²) in [5.74, 6) is -0.585. The number of hydrogen-bond donors (Lipinski definition) is 1. The van der Waals surface area contributed by atoms with E-state index in [2.05, 4.69) is 14.8 Å². The molecule has 0 saturated carbocycles. The number of anilines is 2. The Morgan fingerprint density at radius 2 is 1.98 bits per heavy atom. The van der Waals surface area contributed by atoms with Gasteiger partial charge in [-0.2, -0.15) is 5.10 Å². The molecule has 11 heteroatoms. The number of nitrogens with zero attached hydrogens (tertiary/aromatic N) is 4. The Labute approximate surface area is 234 Å². The number of benzene rings is 2.